The smallest absolute Gasteiger partial charge is 0.226 e. The summed E-state index contributed by atoms with van der Waals surface area (Å²) in [6.07, 6.45) is -0.156. The first-order valence-corrected chi connectivity index (χ1v) is 5.12. The Hall–Kier alpha value is -2.58. The molecule has 0 spiro atoms. The first kappa shape index (κ1) is 11.9. The molecule has 0 amide bonds. The van der Waals surface area contributed by atoms with Gasteiger partial charge in [0.2, 0.25) is 11.2 Å². The van der Waals surface area contributed by atoms with Gasteiger partial charge in [-0.2, -0.15) is 5.26 Å². The molecule has 0 aliphatic carbocycles. The van der Waals surface area contributed by atoms with Gasteiger partial charge >= 0.3 is 0 Å². The van der Waals surface area contributed by atoms with Gasteiger partial charge in [0.05, 0.1) is 17.9 Å². The van der Waals surface area contributed by atoms with Crippen molar-refractivity contribution < 1.29 is 14.6 Å². The van der Waals surface area contributed by atoms with Crippen LogP contribution in [0.25, 0.3) is 0 Å². The summed E-state index contributed by atoms with van der Waals surface area (Å²) in [4.78, 5) is 11.2. The number of hydrogen-bond acceptors (Lipinski definition) is 5. The number of aliphatic hydroxyl groups is 1. The molecular formula is C13H9NO4. The molecule has 2 aromatic rings. The highest BCUT2D eigenvalue weighted by molar-refractivity contribution is 5.36. The fourth-order valence-electron chi connectivity index (χ4n) is 1.51. The van der Waals surface area contributed by atoms with Crippen molar-refractivity contribution >= 4 is 0 Å². The summed E-state index contributed by atoms with van der Waals surface area (Å²) in [6.45, 7) is 0. The van der Waals surface area contributed by atoms with Crippen molar-refractivity contribution in [3.63, 3.8) is 0 Å². The van der Waals surface area contributed by atoms with E-state index in [9.17, 15) is 15.0 Å². The summed E-state index contributed by atoms with van der Waals surface area (Å²) in [6, 6.07) is 9.10. The van der Waals surface area contributed by atoms with Crippen molar-refractivity contribution in [2.45, 2.75) is 6.10 Å². The molecule has 0 radical (unpaired) electrons. The van der Waals surface area contributed by atoms with E-state index in [-0.39, 0.29) is 5.76 Å². The molecule has 1 unspecified atom stereocenters. The third-order valence-corrected chi connectivity index (χ3v) is 2.49. The lowest BCUT2D eigenvalue weighted by Crippen LogP contribution is -2.06. The standard InChI is InChI=1S/C13H9NO4/c14-7-8-1-3-9(4-2-8)11(16)13-12(17)10(15)5-6-18-13/h1-6,11,16-17H. The molecule has 0 bridgehead atoms. The summed E-state index contributed by atoms with van der Waals surface area (Å²) in [5.41, 5.74) is 0.243. The van der Waals surface area contributed by atoms with Gasteiger partial charge in [-0.25, -0.2) is 0 Å². The van der Waals surface area contributed by atoms with Gasteiger partial charge in [-0.05, 0) is 17.7 Å². The van der Waals surface area contributed by atoms with Crippen molar-refractivity contribution in [1.82, 2.24) is 0 Å². The molecule has 1 aromatic carbocycles. The summed E-state index contributed by atoms with van der Waals surface area (Å²) in [7, 11) is 0. The molecule has 0 saturated heterocycles. The van der Waals surface area contributed by atoms with Gasteiger partial charge in [0.15, 0.2) is 5.76 Å². The molecule has 5 nitrogen and oxygen atoms in total. The Morgan fingerprint density at radius 2 is 1.89 bits per heavy atom. The molecule has 1 aromatic heterocycles. The minimum absolute atomic E-state index is 0.216. The number of nitriles is 1. The Balaban J connectivity index is 2.42. The average Bonchev–Trinajstić information content (AvgIpc) is 2.41. The van der Waals surface area contributed by atoms with Gasteiger partial charge in [-0.3, -0.25) is 4.79 Å². The number of aliphatic hydroxyl groups excluding tert-OH is 1. The van der Waals surface area contributed by atoms with Crippen LogP contribution in [0.5, 0.6) is 5.75 Å². The summed E-state index contributed by atoms with van der Waals surface area (Å²) in [5.74, 6) is -0.832. The monoisotopic (exact) mass is 243 g/mol. The predicted molar refractivity (Wildman–Crippen MR) is 61.9 cm³/mol. The first-order chi connectivity index (χ1) is 8.63. The molecule has 0 aliphatic heterocycles. The normalized spacial score (nSPS) is 11.8. The van der Waals surface area contributed by atoms with E-state index < -0.39 is 17.3 Å². The fourth-order valence-corrected chi connectivity index (χ4v) is 1.51. The third kappa shape index (κ3) is 2.10. The molecule has 0 aliphatic rings. The van der Waals surface area contributed by atoms with Crippen LogP contribution >= 0.6 is 0 Å². The van der Waals surface area contributed by atoms with Gasteiger partial charge in [-0.15, -0.1) is 0 Å². The lowest BCUT2D eigenvalue weighted by Gasteiger charge is -2.10. The molecule has 18 heavy (non-hydrogen) atoms. The average molecular weight is 243 g/mol. The van der Waals surface area contributed by atoms with Crippen molar-refractivity contribution in [3.8, 4) is 11.8 Å². The Labute approximate surface area is 102 Å². The third-order valence-electron chi connectivity index (χ3n) is 2.49. The van der Waals surface area contributed by atoms with Crippen LogP contribution < -0.4 is 5.43 Å². The fraction of sp³-hybridized carbons (Fsp3) is 0.0769. The molecule has 2 N–H and O–H groups in total. The maximum atomic E-state index is 11.2. The topological polar surface area (TPSA) is 94.5 Å². The van der Waals surface area contributed by atoms with Crippen LogP contribution in [0.4, 0.5) is 0 Å². The van der Waals surface area contributed by atoms with Crippen LogP contribution in [0, 0.1) is 11.3 Å². The van der Waals surface area contributed by atoms with E-state index >= 15 is 0 Å². The minimum atomic E-state index is -1.26. The van der Waals surface area contributed by atoms with Crippen LogP contribution in [0.1, 0.15) is 23.0 Å². The summed E-state index contributed by atoms with van der Waals surface area (Å²) >= 11 is 0. The largest absolute Gasteiger partial charge is 0.502 e. The molecule has 0 saturated carbocycles. The molecule has 2 rings (SSSR count). The Morgan fingerprint density at radius 1 is 1.22 bits per heavy atom. The highest BCUT2D eigenvalue weighted by Gasteiger charge is 2.19. The second-order valence-corrected chi connectivity index (χ2v) is 3.63. The zero-order valence-corrected chi connectivity index (χ0v) is 9.20. The first-order valence-electron chi connectivity index (χ1n) is 5.12. The zero-order valence-electron chi connectivity index (χ0n) is 9.20. The highest BCUT2D eigenvalue weighted by Crippen LogP contribution is 2.26. The summed E-state index contributed by atoms with van der Waals surface area (Å²) in [5, 5.41) is 28.1. The minimum Gasteiger partial charge on any atom is -0.502 e. The second kappa shape index (κ2) is 4.73. The Bertz CT molecular complexity index is 652. The number of nitrogens with zero attached hydrogens (tertiary/aromatic N) is 1. The molecule has 90 valence electrons. The van der Waals surface area contributed by atoms with Crippen LogP contribution in [-0.4, -0.2) is 10.2 Å². The van der Waals surface area contributed by atoms with Gasteiger partial charge in [0, 0.05) is 6.07 Å². The lowest BCUT2D eigenvalue weighted by molar-refractivity contribution is 0.178. The SMILES string of the molecule is N#Cc1ccc(C(O)c2occc(=O)c2O)cc1. The van der Waals surface area contributed by atoms with Gasteiger partial charge in [0.25, 0.3) is 0 Å². The van der Waals surface area contributed by atoms with E-state index in [0.717, 1.165) is 12.3 Å². The number of benzene rings is 1. The lowest BCUT2D eigenvalue weighted by atomic mass is 10.0. The van der Waals surface area contributed by atoms with Crippen molar-refractivity contribution in [1.29, 1.82) is 5.26 Å². The maximum Gasteiger partial charge on any atom is 0.226 e. The van der Waals surface area contributed by atoms with E-state index in [0.29, 0.717) is 11.1 Å². The molecule has 5 heteroatoms. The van der Waals surface area contributed by atoms with Crippen LogP contribution in [-0.2, 0) is 0 Å². The zero-order chi connectivity index (χ0) is 13.1. The van der Waals surface area contributed by atoms with E-state index in [1.165, 1.54) is 24.3 Å². The number of rotatable bonds is 2. The maximum absolute atomic E-state index is 11.2. The molecule has 1 atom stereocenters. The predicted octanol–water partition coefficient (Wildman–Crippen LogP) is 1.30. The Kier molecular flexibility index (Phi) is 3.13. The van der Waals surface area contributed by atoms with Crippen LogP contribution in [0.2, 0.25) is 0 Å². The Morgan fingerprint density at radius 3 is 2.50 bits per heavy atom. The van der Waals surface area contributed by atoms with Crippen molar-refractivity contribution in [2.24, 2.45) is 0 Å². The molecule has 0 fully saturated rings. The molecular weight excluding hydrogens is 234 g/mol. The van der Waals surface area contributed by atoms with Gasteiger partial charge in [0.1, 0.15) is 6.10 Å². The number of hydrogen-bond donors (Lipinski definition) is 2. The van der Waals surface area contributed by atoms with Crippen LogP contribution in [0.15, 0.2) is 45.8 Å². The van der Waals surface area contributed by atoms with Gasteiger partial charge < -0.3 is 14.6 Å². The van der Waals surface area contributed by atoms with E-state index in [1.54, 1.807) is 0 Å². The van der Waals surface area contributed by atoms with Crippen molar-refractivity contribution in [2.75, 3.05) is 0 Å². The highest BCUT2D eigenvalue weighted by atomic mass is 16.4. The van der Waals surface area contributed by atoms with E-state index in [4.69, 9.17) is 9.68 Å². The second-order valence-electron chi connectivity index (χ2n) is 3.63. The van der Waals surface area contributed by atoms with E-state index in [2.05, 4.69) is 0 Å². The van der Waals surface area contributed by atoms with Crippen molar-refractivity contribution in [3.05, 3.63) is 63.7 Å². The quantitative estimate of drug-likeness (QED) is 0.828. The van der Waals surface area contributed by atoms with Gasteiger partial charge in [-0.1, -0.05) is 12.1 Å². The summed E-state index contributed by atoms with van der Waals surface area (Å²) < 4.78 is 4.95. The van der Waals surface area contributed by atoms with Crippen LogP contribution in [0.3, 0.4) is 0 Å². The van der Waals surface area contributed by atoms with E-state index in [1.807, 2.05) is 6.07 Å². The molecule has 1 heterocycles. The number of aromatic hydroxyl groups is 1.